The molecule has 0 unspecified atom stereocenters. The lowest BCUT2D eigenvalue weighted by molar-refractivity contribution is 0.0945. The van der Waals surface area contributed by atoms with E-state index in [2.05, 4.69) is 15.3 Å². The molecule has 0 saturated carbocycles. The van der Waals surface area contributed by atoms with Crippen molar-refractivity contribution in [2.75, 3.05) is 19.1 Å². The molecule has 2 aromatic carbocycles. The zero-order chi connectivity index (χ0) is 18.4. The van der Waals surface area contributed by atoms with Gasteiger partial charge in [0.25, 0.3) is 5.91 Å². The molecule has 0 bridgehead atoms. The Morgan fingerprint density at radius 2 is 1.77 bits per heavy atom. The minimum atomic E-state index is -0.262. The van der Waals surface area contributed by atoms with E-state index in [1.807, 2.05) is 66.5 Å². The molecule has 0 fully saturated rings. The highest BCUT2D eigenvalue weighted by Gasteiger charge is 2.10. The molecule has 0 spiro atoms. The normalized spacial score (nSPS) is 10.2. The highest BCUT2D eigenvalue weighted by Crippen LogP contribution is 2.19. The van der Waals surface area contributed by atoms with Crippen LogP contribution in [0.1, 0.15) is 16.1 Å². The number of carbonyl (C=O) groups is 1. The minimum Gasteiger partial charge on any atom is -0.497 e. The minimum absolute atomic E-state index is 0.262. The summed E-state index contributed by atoms with van der Waals surface area (Å²) in [6, 6.07) is 17.4. The lowest BCUT2D eigenvalue weighted by atomic mass is 10.2. The molecular formula is C20H20N4O2. The van der Waals surface area contributed by atoms with Gasteiger partial charge in [0.1, 0.15) is 11.4 Å². The average molecular weight is 348 g/mol. The van der Waals surface area contributed by atoms with E-state index >= 15 is 0 Å². The van der Waals surface area contributed by atoms with Gasteiger partial charge >= 0.3 is 0 Å². The van der Waals surface area contributed by atoms with E-state index < -0.39 is 0 Å². The summed E-state index contributed by atoms with van der Waals surface area (Å²) < 4.78 is 5.12. The van der Waals surface area contributed by atoms with Gasteiger partial charge in [0.2, 0.25) is 0 Å². The van der Waals surface area contributed by atoms with Gasteiger partial charge in [0, 0.05) is 19.3 Å². The quantitative estimate of drug-likeness (QED) is 0.741. The van der Waals surface area contributed by atoms with E-state index in [9.17, 15) is 4.79 Å². The van der Waals surface area contributed by atoms with Crippen LogP contribution in [0.5, 0.6) is 5.75 Å². The molecule has 1 heterocycles. The third kappa shape index (κ3) is 4.16. The Balaban J connectivity index is 1.61. The number of carbonyl (C=O) groups excluding carboxylic acids is 1. The zero-order valence-corrected chi connectivity index (χ0v) is 14.7. The fraction of sp³-hybridized carbons (Fsp3) is 0.150. The number of rotatable bonds is 6. The molecule has 1 amide bonds. The maximum Gasteiger partial charge on any atom is 0.271 e. The van der Waals surface area contributed by atoms with E-state index in [0.29, 0.717) is 12.4 Å². The van der Waals surface area contributed by atoms with E-state index in [1.54, 1.807) is 13.3 Å². The number of nitrogens with one attached hydrogen (secondary N) is 1. The highest BCUT2D eigenvalue weighted by atomic mass is 16.5. The van der Waals surface area contributed by atoms with Crippen LogP contribution in [0.3, 0.4) is 0 Å². The topological polar surface area (TPSA) is 67.3 Å². The standard InChI is InChI=1S/C20H20N4O2/c1-24(16-6-4-3-5-7-16)19-14-21-18(13-22-19)20(25)23-12-15-8-10-17(26-2)11-9-15/h3-11,13-14H,12H2,1-2H3,(H,23,25). The van der Waals surface area contributed by atoms with Gasteiger partial charge in [-0.05, 0) is 29.8 Å². The summed E-state index contributed by atoms with van der Waals surface area (Å²) in [7, 11) is 3.52. The lowest BCUT2D eigenvalue weighted by Crippen LogP contribution is -2.24. The number of hydrogen-bond donors (Lipinski definition) is 1. The van der Waals surface area contributed by atoms with Crippen LogP contribution in [0.2, 0.25) is 0 Å². The number of amides is 1. The Hall–Kier alpha value is -3.41. The summed E-state index contributed by atoms with van der Waals surface area (Å²) in [5.74, 6) is 1.19. The molecule has 1 N–H and O–H groups in total. The third-order valence-corrected chi connectivity index (χ3v) is 3.97. The van der Waals surface area contributed by atoms with Crippen molar-refractivity contribution in [2.24, 2.45) is 0 Å². The molecule has 0 saturated heterocycles. The number of benzene rings is 2. The van der Waals surface area contributed by atoms with Gasteiger partial charge in [0.05, 0.1) is 19.5 Å². The largest absolute Gasteiger partial charge is 0.497 e. The lowest BCUT2D eigenvalue weighted by Gasteiger charge is -2.17. The van der Waals surface area contributed by atoms with Crippen molar-refractivity contribution in [3.8, 4) is 5.75 Å². The van der Waals surface area contributed by atoms with E-state index in [4.69, 9.17) is 4.74 Å². The van der Waals surface area contributed by atoms with E-state index in [1.165, 1.54) is 6.20 Å². The zero-order valence-electron chi connectivity index (χ0n) is 14.7. The van der Waals surface area contributed by atoms with Crippen molar-refractivity contribution in [1.29, 1.82) is 0 Å². The molecule has 1 aromatic heterocycles. The molecule has 6 heteroatoms. The first-order valence-corrected chi connectivity index (χ1v) is 8.19. The second-order valence-corrected chi connectivity index (χ2v) is 5.69. The molecule has 132 valence electrons. The second kappa shape index (κ2) is 8.11. The van der Waals surface area contributed by atoms with Crippen LogP contribution in [0.4, 0.5) is 11.5 Å². The number of anilines is 2. The predicted octanol–water partition coefficient (Wildman–Crippen LogP) is 3.18. The monoisotopic (exact) mass is 348 g/mol. The van der Waals surface area contributed by atoms with Crippen LogP contribution < -0.4 is 15.0 Å². The van der Waals surface area contributed by atoms with Crippen molar-refractivity contribution in [3.05, 3.63) is 78.2 Å². The highest BCUT2D eigenvalue weighted by molar-refractivity contribution is 5.92. The van der Waals surface area contributed by atoms with Gasteiger partial charge in [-0.2, -0.15) is 0 Å². The Labute approximate surface area is 152 Å². The molecular weight excluding hydrogens is 328 g/mol. The Morgan fingerprint density at radius 3 is 2.38 bits per heavy atom. The number of nitrogens with zero attached hydrogens (tertiary/aromatic N) is 3. The fourth-order valence-corrected chi connectivity index (χ4v) is 2.41. The molecule has 26 heavy (non-hydrogen) atoms. The van der Waals surface area contributed by atoms with Crippen LogP contribution in [0, 0.1) is 0 Å². The van der Waals surface area contributed by atoms with Crippen molar-refractivity contribution in [3.63, 3.8) is 0 Å². The Bertz CT molecular complexity index is 849. The SMILES string of the molecule is COc1ccc(CNC(=O)c2cnc(N(C)c3ccccc3)cn2)cc1. The Kier molecular flexibility index (Phi) is 5.43. The fourth-order valence-electron chi connectivity index (χ4n) is 2.41. The molecule has 3 aromatic rings. The number of ether oxygens (including phenoxy) is 1. The van der Waals surface area contributed by atoms with E-state index in [0.717, 1.165) is 17.0 Å². The number of aromatic nitrogens is 2. The summed E-state index contributed by atoms with van der Waals surface area (Å²) in [5.41, 5.74) is 2.26. The van der Waals surface area contributed by atoms with Gasteiger partial charge in [-0.15, -0.1) is 0 Å². The van der Waals surface area contributed by atoms with Crippen molar-refractivity contribution >= 4 is 17.4 Å². The number of para-hydroxylation sites is 1. The molecule has 0 atom stereocenters. The molecule has 0 aliphatic carbocycles. The van der Waals surface area contributed by atoms with Crippen molar-refractivity contribution in [1.82, 2.24) is 15.3 Å². The first-order chi connectivity index (χ1) is 12.7. The predicted molar refractivity (Wildman–Crippen MR) is 101 cm³/mol. The smallest absolute Gasteiger partial charge is 0.271 e. The van der Waals surface area contributed by atoms with Crippen LogP contribution >= 0.6 is 0 Å². The molecule has 0 aliphatic heterocycles. The second-order valence-electron chi connectivity index (χ2n) is 5.69. The van der Waals surface area contributed by atoms with Crippen LogP contribution in [-0.4, -0.2) is 30.0 Å². The van der Waals surface area contributed by atoms with Gasteiger partial charge in [-0.3, -0.25) is 4.79 Å². The first kappa shape index (κ1) is 17.4. The van der Waals surface area contributed by atoms with E-state index in [-0.39, 0.29) is 11.6 Å². The van der Waals surface area contributed by atoms with Crippen molar-refractivity contribution in [2.45, 2.75) is 6.54 Å². The molecule has 0 aliphatic rings. The van der Waals surface area contributed by atoms with Crippen LogP contribution in [-0.2, 0) is 6.54 Å². The summed E-state index contributed by atoms with van der Waals surface area (Å²) in [6.07, 6.45) is 3.08. The van der Waals surface area contributed by atoms with Crippen molar-refractivity contribution < 1.29 is 9.53 Å². The van der Waals surface area contributed by atoms with Crippen LogP contribution in [0.25, 0.3) is 0 Å². The maximum atomic E-state index is 12.2. The van der Waals surface area contributed by atoms with Gasteiger partial charge < -0.3 is 15.0 Å². The number of methoxy groups -OCH3 is 1. The van der Waals surface area contributed by atoms with Gasteiger partial charge in [-0.1, -0.05) is 30.3 Å². The first-order valence-electron chi connectivity index (χ1n) is 8.19. The molecule has 3 rings (SSSR count). The summed E-state index contributed by atoms with van der Waals surface area (Å²) in [5, 5.41) is 2.84. The third-order valence-electron chi connectivity index (χ3n) is 3.97. The maximum absolute atomic E-state index is 12.2. The molecule has 6 nitrogen and oxygen atoms in total. The summed E-state index contributed by atoms with van der Waals surface area (Å²) in [4.78, 5) is 22.7. The molecule has 0 radical (unpaired) electrons. The van der Waals surface area contributed by atoms with Gasteiger partial charge in [0.15, 0.2) is 5.82 Å². The number of hydrogen-bond acceptors (Lipinski definition) is 5. The average Bonchev–Trinajstić information content (AvgIpc) is 2.72. The summed E-state index contributed by atoms with van der Waals surface area (Å²) in [6.45, 7) is 0.413. The van der Waals surface area contributed by atoms with Gasteiger partial charge in [-0.25, -0.2) is 9.97 Å². The van der Waals surface area contributed by atoms with Crippen LogP contribution in [0.15, 0.2) is 67.0 Å². The Morgan fingerprint density at radius 1 is 1.04 bits per heavy atom. The summed E-state index contributed by atoms with van der Waals surface area (Å²) >= 11 is 0.